The van der Waals surface area contributed by atoms with Crippen LogP contribution in [0.4, 0.5) is 11.4 Å². The minimum atomic E-state index is -0.282. The van der Waals surface area contributed by atoms with Crippen LogP contribution < -0.4 is 9.80 Å². The summed E-state index contributed by atoms with van der Waals surface area (Å²) in [6, 6.07) is 8.27. The van der Waals surface area contributed by atoms with E-state index in [4.69, 9.17) is 4.52 Å². The second-order valence-corrected chi connectivity index (χ2v) is 6.72. The van der Waals surface area contributed by atoms with Gasteiger partial charge in [-0.25, -0.2) is 0 Å². The molecule has 1 aromatic heterocycles. The predicted molar refractivity (Wildman–Crippen MR) is 95.7 cm³/mol. The summed E-state index contributed by atoms with van der Waals surface area (Å²) in [4.78, 5) is 17.5. The third-order valence-corrected chi connectivity index (χ3v) is 5.01. The van der Waals surface area contributed by atoms with Crippen LogP contribution in [0.1, 0.15) is 43.2 Å². The highest BCUT2D eigenvalue weighted by Crippen LogP contribution is 2.36. The Balaban J connectivity index is 2.03. The van der Waals surface area contributed by atoms with Gasteiger partial charge >= 0.3 is 0 Å². The van der Waals surface area contributed by atoms with E-state index < -0.39 is 0 Å². The van der Waals surface area contributed by atoms with Crippen LogP contribution in [0.2, 0.25) is 0 Å². The van der Waals surface area contributed by atoms with Gasteiger partial charge in [-0.1, -0.05) is 17.3 Å². The molecule has 3 rings (SSSR count). The van der Waals surface area contributed by atoms with Gasteiger partial charge in [0.15, 0.2) is 0 Å². The van der Waals surface area contributed by atoms with E-state index in [0.717, 1.165) is 41.4 Å². The van der Waals surface area contributed by atoms with Crippen molar-refractivity contribution in [1.82, 2.24) is 5.16 Å². The van der Waals surface area contributed by atoms with Crippen molar-refractivity contribution < 1.29 is 9.32 Å². The van der Waals surface area contributed by atoms with Gasteiger partial charge in [-0.15, -0.1) is 0 Å². The molecular weight excluding hydrogens is 302 g/mol. The molecule has 1 aliphatic heterocycles. The first kappa shape index (κ1) is 16.6. The first-order valence-electron chi connectivity index (χ1n) is 8.47. The summed E-state index contributed by atoms with van der Waals surface area (Å²) in [7, 11) is 2.08. The molecule has 5 heteroatoms. The largest absolute Gasteiger partial charge is 0.373 e. The molecule has 0 fully saturated rings. The van der Waals surface area contributed by atoms with E-state index in [1.54, 1.807) is 0 Å². The lowest BCUT2D eigenvalue weighted by Gasteiger charge is -2.31. The lowest BCUT2D eigenvalue weighted by molar-refractivity contribution is -0.120. The van der Waals surface area contributed by atoms with E-state index in [1.165, 1.54) is 0 Å². The minimum absolute atomic E-state index is 0.0969. The van der Waals surface area contributed by atoms with Crippen LogP contribution in [0.15, 0.2) is 28.8 Å². The number of carbonyl (C=O) groups excluding carboxylic acids is 1. The predicted octanol–water partition coefficient (Wildman–Crippen LogP) is 3.66. The summed E-state index contributed by atoms with van der Waals surface area (Å²) < 4.78 is 5.26. The summed E-state index contributed by atoms with van der Waals surface area (Å²) in [5.41, 5.74) is 3.78. The molecule has 128 valence electrons. The van der Waals surface area contributed by atoms with Crippen molar-refractivity contribution in [1.29, 1.82) is 0 Å². The maximum Gasteiger partial charge on any atom is 0.234 e. The summed E-state index contributed by atoms with van der Waals surface area (Å²) in [5, 5.41) is 4.00. The van der Waals surface area contributed by atoms with Crippen molar-refractivity contribution in [3.8, 4) is 0 Å². The maximum absolute atomic E-state index is 13.4. The molecule has 0 spiro atoms. The van der Waals surface area contributed by atoms with Crippen LogP contribution in [-0.2, 0) is 4.79 Å². The van der Waals surface area contributed by atoms with E-state index in [1.807, 2.05) is 43.9 Å². The Morgan fingerprint density at radius 2 is 1.96 bits per heavy atom. The molecule has 0 radical (unpaired) electrons. The third kappa shape index (κ3) is 2.68. The average molecular weight is 327 g/mol. The fourth-order valence-electron chi connectivity index (χ4n) is 3.63. The molecule has 1 aromatic carbocycles. The van der Waals surface area contributed by atoms with Crippen molar-refractivity contribution >= 4 is 17.3 Å². The van der Waals surface area contributed by atoms with Gasteiger partial charge in [0.05, 0.1) is 23.0 Å². The monoisotopic (exact) mass is 327 g/mol. The quantitative estimate of drug-likeness (QED) is 0.845. The lowest BCUT2D eigenvalue weighted by Crippen LogP contribution is -2.41. The van der Waals surface area contributed by atoms with E-state index >= 15 is 0 Å². The Hall–Kier alpha value is -2.30. The van der Waals surface area contributed by atoms with Gasteiger partial charge in [0, 0.05) is 25.2 Å². The SMILES string of the molecule is Cc1noc(C)c1C(C)C(=O)N1c2ccccc2N(C)CCC1C. The zero-order valence-corrected chi connectivity index (χ0v) is 15.0. The second-order valence-electron chi connectivity index (χ2n) is 6.72. The number of amides is 1. The van der Waals surface area contributed by atoms with Crippen molar-refractivity contribution in [2.75, 3.05) is 23.4 Å². The van der Waals surface area contributed by atoms with Gasteiger partial charge in [-0.2, -0.15) is 0 Å². The van der Waals surface area contributed by atoms with E-state index in [0.29, 0.717) is 0 Å². The van der Waals surface area contributed by atoms with E-state index in [2.05, 4.69) is 30.1 Å². The number of aryl methyl sites for hydroxylation is 2. The number of benzene rings is 1. The Bertz CT molecular complexity index is 733. The molecule has 2 atom stereocenters. The molecule has 24 heavy (non-hydrogen) atoms. The summed E-state index contributed by atoms with van der Waals surface area (Å²) >= 11 is 0. The number of aromatic nitrogens is 1. The second kappa shape index (κ2) is 6.30. The maximum atomic E-state index is 13.4. The highest BCUT2D eigenvalue weighted by Gasteiger charge is 2.33. The number of rotatable bonds is 2. The normalized spacial score (nSPS) is 19.0. The van der Waals surface area contributed by atoms with Crippen LogP contribution in [0.3, 0.4) is 0 Å². The molecule has 0 N–H and O–H groups in total. The third-order valence-electron chi connectivity index (χ3n) is 5.01. The number of para-hydroxylation sites is 2. The fraction of sp³-hybridized carbons (Fsp3) is 0.474. The first-order valence-corrected chi connectivity index (χ1v) is 8.47. The minimum Gasteiger partial charge on any atom is -0.373 e. The Kier molecular flexibility index (Phi) is 4.35. The molecule has 2 unspecified atom stereocenters. The molecule has 1 aliphatic rings. The van der Waals surface area contributed by atoms with Gasteiger partial charge in [0.1, 0.15) is 5.76 Å². The Morgan fingerprint density at radius 1 is 1.29 bits per heavy atom. The number of fused-ring (bicyclic) bond motifs is 1. The molecule has 1 amide bonds. The highest BCUT2D eigenvalue weighted by molar-refractivity contribution is 6.01. The van der Waals surface area contributed by atoms with E-state index in [-0.39, 0.29) is 17.9 Å². The zero-order valence-electron chi connectivity index (χ0n) is 15.0. The van der Waals surface area contributed by atoms with Gasteiger partial charge in [-0.05, 0) is 46.2 Å². The van der Waals surface area contributed by atoms with Gasteiger partial charge in [0.2, 0.25) is 5.91 Å². The molecule has 0 saturated heterocycles. The summed E-state index contributed by atoms with van der Waals surface area (Å²) in [6.45, 7) is 8.75. The van der Waals surface area contributed by atoms with Gasteiger partial charge < -0.3 is 14.3 Å². The van der Waals surface area contributed by atoms with Gasteiger partial charge in [-0.3, -0.25) is 4.79 Å². The van der Waals surface area contributed by atoms with Gasteiger partial charge in [0.25, 0.3) is 0 Å². The number of carbonyl (C=O) groups is 1. The molecule has 0 bridgehead atoms. The average Bonchev–Trinajstić information content (AvgIpc) is 2.84. The van der Waals surface area contributed by atoms with E-state index in [9.17, 15) is 4.79 Å². The standard InChI is InChI=1S/C19H25N3O2/c1-12-10-11-21(5)16-8-6-7-9-17(16)22(12)19(23)13(2)18-14(3)20-24-15(18)4/h6-9,12-13H,10-11H2,1-5H3. The first-order chi connectivity index (χ1) is 11.4. The Labute approximate surface area is 143 Å². The summed E-state index contributed by atoms with van der Waals surface area (Å²) in [6.07, 6.45) is 0.936. The Morgan fingerprint density at radius 3 is 2.58 bits per heavy atom. The number of nitrogens with zero attached hydrogens (tertiary/aromatic N) is 3. The molecular formula is C19H25N3O2. The smallest absolute Gasteiger partial charge is 0.234 e. The molecule has 2 aromatic rings. The molecule has 0 saturated carbocycles. The highest BCUT2D eigenvalue weighted by atomic mass is 16.5. The van der Waals surface area contributed by atoms with Crippen LogP contribution in [0, 0.1) is 13.8 Å². The van der Waals surface area contributed by atoms with Crippen molar-refractivity contribution in [3.63, 3.8) is 0 Å². The fourth-order valence-corrected chi connectivity index (χ4v) is 3.63. The van der Waals surface area contributed by atoms with Crippen LogP contribution in [0.25, 0.3) is 0 Å². The number of hydrogen-bond acceptors (Lipinski definition) is 4. The number of hydrogen-bond donors (Lipinski definition) is 0. The topological polar surface area (TPSA) is 49.6 Å². The number of anilines is 2. The van der Waals surface area contributed by atoms with Crippen molar-refractivity contribution in [2.45, 2.75) is 46.1 Å². The van der Waals surface area contributed by atoms with Crippen molar-refractivity contribution in [2.24, 2.45) is 0 Å². The van der Waals surface area contributed by atoms with Crippen LogP contribution in [-0.4, -0.2) is 30.7 Å². The molecule has 5 nitrogen and oxygen atoms in total. The van der Waals surface area contributed by atoms with Crippen molar-refractivity contribution in [3.05, 3.63) is 41.3 Å². The zero-order chi connectivity index (χ0) is 17.4. The lowest BCUT2D eigenvalue weighted by atomic mass is 9.96. The molecule has 2 heterocycles. The van der Waals surface area contributed by atoms with Crippen LogP contribution in [0.5, 0.6) is 0 Å². The van der Waals surface area contributed by atoms with Crippen LogP contribution >= 0.6 is 0 Å². The molecule has 0 aliphatic carbocycles. The summed E-state index contributed by atoms with van der Waals surface area (Å²) in [5.74, 6) is 0.538.